The van der Waals surface area contributed by atoms with Crippen molar-refractivity contribution in [2.45, 2.75) is 13.3 Å². The molecule has 1 aliphatic heterocycles. The molecule has 0 saturated carbocycles. The van der Waals surface area contributed by atoms with Crippen molar-refractivity contribution in [1.82, 2.24) is 19.9 Å². The largest absolute Gasteiger partial charge is 0.356 e. The minimum absolute atomic E-state index is 0.0518. The number of nitrogens with one attached hydrogen (secondary N) is 2. The van der Waals surface area contributed by atoms with E-state index in [0.717, 1.165) is 23.0 Å². The zero-order valence-electron chi connectivity index (χ0n) is 13.9. The minimum Gasteiger partial charge on any atom is -0.356 e. The van der Waals surface area contributed by atoms with Crippen LogP contribution in [0.4, 0.5) is 0 Å². The van der Waals surface area contributed by atoms with Gasteiger partial charge in [0.1, 0.15) is 11.3 Å². The molecule has 0 atom stereocenters. The van der Waals surface area contributed by atoms with Gasteiger partial charge >= 0.3 is 0 Å². The zero-order valence-corrected chi connectivity index (χ0v) is 13.9. The molecule has 2 N–H and O–H groups in total. The number of carbonyl (C=O) groups is 2. The predicted molar refractivity (Wildman–Crippen MR) is 95.4 cm³/mol. The van der Waals surface area contributed by atoms with Crippen molar-refractivity contribution in [2.75, 3.05) is 13.1 Å². The van der Waals surface area contributed by atoms with E-state index in [1.165, 1.54) is 12.5 Å². The van der Waals surface area contributed by atoms with Crippen LogP contribution in [-0.2, 0) is 0 Å². The molecule has 25 heavy (non-hydrogen) atoms. The maximum Gasteiger partial charge on any atom is 0.270 e. The van der Waals surface area contributed by atoms with Gasteiger partial charge in [-0.3, -0.25) is 9.59 Å². The number of amides is 1. The molecule has 6 heteroatoms. The quantitative estimate of drug-likeness (QED) is 0.722. The summed E-state index contributed by atoms with van der Waals surface area (Å²) in [4.78, 5) is 36.1. The Labute approximate surface area is 144 Å². The monoisotopic (exact) mass is 334 g/mol. The summed E-state index contributed by atoms with van der Waals surface area (Å²) in [6, 6.07) is 5.60. The Bertz CT molecular complexity index is 996. The van der Waals surface area contributed by atoms with Crippen LogP contribution in [0.2, 0.25) is 0 Å². The normalized spacial score (nSPS) is 14.6. The van der Waals surface area contributed by atoms with E-state index in [4.69, 9.17) is 0 Å². The molecule has 0 fully saturated rings. The smallest absolute Gasteiger partial charge is 0.270 e. The maximum absolute atomic E-state index is 12.6. The highest BCUT2D eigenvalue weighted by atomic mass is 16.2. The molecular weight excluding hydrogens is 316 g/mol. The number of hydrogen-bond donors (Lipinski definition) is 2. The first kappa shape index (κ1) is 15.4. The Morgan fingerprint density at radius 3 is 2.84 bits per heavy atom. The van der Waals surface area contributed by atoms with Crippen LogP contribution in [0.5, 0.6) is 0 Å². The molecule has 1 aliphatic rings. The van der Waals surface area contributed by atoms with Crippen LogP contribution >= 0.6 is 0 Å². The highest BCUT2D eigenvalue weighted by Gasteiger charge is 2.22. The number of ketones is 1. The fourth-order valence-electron chi connectivity index (χ4n) is 3.21. The SMILES string of the molecule is CC(=O)c1c[nH]c(C(=O)N2CC=C(c3c[nH]c4ncccc34)CC2)c1. The molecule has 4 rings (SSSR count). The molecule has 3 aromatic rings. The molecule has 6 nitrogen and oxygen atoms in total. The lowest BCUT2D eigenvalue weighted by molar-refractivity contribution is 0.0767. The van der Waals surface area contributed by atoms with Gasteiger partial charge in [-0.15, -0.1) is 0 Å². The molecule has 0 radical (unpaired) electrons. The fourth-order valence-corrected chi connectivity index (χ4v) is 3.21. The van der Waals surface area contributed by atoms with E-state index in [2.05, 4.69) is 27.1 Å². The topological polar surface area (TPSA) is 81.9 Å². The molecule has 0 bridgehead atoms. The maximum atomic E-state index is 12.6. The second kappa shape index (κ2) is 6.05. The van der Waals surface area contributed by atoms with E-state index < -0.39 is 0 Å². The third kappa shape index (κ3) is 2.76. The Morgan fingerprint density at radius 2 is 2.12 bits per heavy atom. The fraction of sp³-hybridized carbons (Fsp3) is 0.211. The van der Waals surface area contributed by atoms with E-state index in [-0.39, 0.29) is 11.7 Å². The first-order valence-corrected chi connectivity index (χ1v) is 8.23. The van der Waals surface area contributed by atoms with Gasteiger partial charge in [0.05, 0.1) is 0 Å². The number of Topliss-reactive ketones (excluding diaryl/α,β-unsaturated/α-hetero) is 1. The van der Waals surface area contributed by atoms with E-state index in [1.54, 1.807) is 23.4 Å². The summed E-state index contributed by atoms with van der Waals surface area (Å²) in [6.07, 6.45) is 8.20. The summed E-state index contributed by atoms with van der Waals surface area (Å²) in [5, 5.41) is 1.10. The van der Waals surface area contributed by atoms with Crippen molar-refractivity contribution in [3.63, 3.8) is 0 Å². The number of aromatic nitrogens is 3. The van der Waals surface area contributed by atoms with Crippen LogP contribution in [0.3, 0.4) is 0 Å². The highest BCUT2D eigenvalue weighted by Crippen LogP contribution is 2.28. The Morgan fingerprint density at radius 1 is 1.24 bits per heavy atom. The first-order chi connectivity index (χ1) is 12.1. The van der Waals surface area contributed by atoms with Crippen molar-refractivity contribution in [1.29, 1.82) is 0 Å². The van der Waals surface area contributed by atoms with Gasteiger partial charge in [0.2, 0.25) is 0 Å². The minimum atomic E-state index is -0.0802. The van der Waals surface area contributed by atoms with Crippen molar-refractivity contribution in [3.8, 4) is 0 Å². The van der Waals surface area contributed by atoms with Crippen LogP contribution in [-0.4, -0.2) is 44.6 Å². The van der Waals surface area contributed by atoms with E-state index in [1.807, 2.05) is 12.3 Å². The Hall–Kier alpha value is -3.15. The molecule has 1 amide bonds. The number of nitrogens with zero attached hydrogens (tertiary/aromatic N) is 2. The predicted octanol–water partition coefficient (Wildman–Crippen LogP) is 3.02. The lowest BCUT2D eigenvalue weighted by Gasteiger charge is -2.26. The second-order valence-electron chi connectivity index (χ2n) is 6.19. The molecule has 0 unspecified atom stereocenters. The van der Waals surface area contributed by atoms with E-state index >= 15 is 0 Å². The van der Waals surface area contributed by atoms with Crippen LogP contribution in [0, 0.1) is 0 Å². The third-order valence-electron chi connectivity index (χ3n) is 4.61. The average Bonchev–Trinajstić information content (AvgIpc) is 3.29. The molecule has 3 aromatic heterocycles. The molecule has 0 aromatic carbocycles. The summed E-state index contributed by atoms with van der Waals surface area (Å²) in [5.41, 5.74) is 4.23. The number of pyridine rings is 1. The summed E-state index contributed by atoms with van der Waals surface area (Å²) >= 11 is 0. The first-order valence-electron chi connectivity index (χ1n) is 8.23. The van der Waals surface area contributed by atoms with Gasteiger partial charge in [-0.05, 0) is 37.1 Å². The molecule has 4 heterocycles. The Kier molecular flexibility index (Phi) is 3.72. The molecule has 0 spiro atoms. The summed E-state index contributed by atoms with van der Waals surface area (Å²) in [7, 11) is 0. The van der Waals surface area contributed by atoms with Crippen LogP contribution < -0.4 is 0 Å². The van der Waals surface area contributed by atoms with Crippen molar-refractivity contribution < 1.29 is 9.59 Å². The number of fused-ring (bicyclic) bond motifs is 1. The average molecular weight is 334 g/mol. The summed E-state index contributed by atoms with van der Waals surface area (Å²) in [5.74, 6) is -0.132. The van der Waals surface area contributed by atoms with E-state index in [0.29, 0.717) is 24.3 Å². The van der Waals surface area contributed by atoms with Crippen LogP contribution in [0.25, 0.3) is 16.6 Å². The molecular formula is C19H18N4O2. The van der Waals surface area contributed by atoms with Gasteiger partial charge in [0, 0.05) is 48.2 Å². The van der Waals surface area contributed by atoms with Gasteiger partial charge in [-0.25, -0.2) is 4.98 Å². The number of carbonyl (C=O) groups excluding carboxylic acids is 2. The van der Waals surface area contributed by atoms with Crippen molar-refractivity contribution >= 4 is 28.3 Å². The number of aromatic amines is 2. The Balaban J connectivity index is 1.53. The van der Waals surface area contributed by atoms with E-state index in [9.17, 15) is 9.59 Å². The lowest BCUT2D eigenvalue weighted by atomic mass is 9.99. The van der Waals surface area contributed by atoms with Crippen LogP contribution in [0.15, 0.2) is 42.9 Å². The number of H-pyrrole nitrogens is 2. The van der Waals surface area contributed by atoms with Gasteiger partial charge in [-0.1, -0.05) is 6.08 Å². The number of rotatable bonds is 3. The molecule has 0 aliphatic carbocycles. The third-order valence-corrected chi connectivity index (χ3v) is 4.61. The number of hydrogen-bond acceptors (Lipinski definition) is 3. The summed E-state index contributed by atoms with van der Waals surface area (Å²) in [6.45, 7) is 2.69. The highest BCUT2D eigenvalue weighted by molar-refractivity contribution is 5.99. The standard InChI is InChI=1S/C19H18N4O2/c1-12(24)14-9-17(21-10-14)19(25)23-7-4-13(5-8-23)16-11-22-18-15(16)3-2-6-20-18/h2-4,6,9-11,21H,5,7-8H2,1H3,(H,20,22). The van der Waals surface area contributed by atoms with Crippen molar-refractivity contribution in [2.24, 2.45) is 0 Å². The van der Waals surface area contributed by atoms with Crippen molar-refractivity contribution in [3.05, 3.63) is 59.7 Å². The van der Waals surface area contributed by atoms with Gasteiger partial charge < -0.3 is 14.9 Å². The summed E-state index contributed by atoms with van der Waals surface area (Å²) < 4.78 is 0. The zero-order chi connectivity index (χ0) is 17.4. The van der Waals surface area contributed by atoms with Gasteiger partial charge in [0.25, 0.3) is 5.91 Å². The molecule has 126 valence electrons. The lowest BCUT2D eigenvalue weighted by Crippen LogP contribution is -2.34. The second-order valence-corrected chi connectivity index (χ2v) is 6.19. The van der Waals surface area contributed by atoms with Gasteiger partial charge in [0.15, 0.2) is 5.78 Å². The molecule has 0 saturated heterocycles. The van der Waals surface area contributed by atoms with Gasteiger partial charge in [-0.2, -0.15) is 0 Å². The van der Waals surface area contributed by atoms with Crippen LogP contribution in [0.1, 0.15) is 39.8 Å².